The molecule has 8 heteroatoms. The summed E-state index contributed by atoms with van der Waals surface area (Å²) in [5.41, 5.74) is 0. The fourth-order valence-electron chi connectivity index (χ4n) is 1.41. The zero-order valence-corrected chi connectivity index (χ0v) is 10.5. The third-order valence-corrected chi connectivity index (χ3v) is 4.17. The maximum atomic E-state index is 12.0. The average molecular weight is 261 g/mol. The Balaban J connectivity index is 3.00. The molecule has 7 nitrogen and oxygen atoms in total. The summed E-state index contributed by atoms with van der Waals surface area (Å²) in [6.45, 7) is 3.86. The molecule has 0 fully saturated rings. The van der Waals surface area contributed by atoms with Gasteiger partial charge in [-0.1, -0.05) is 13.8 Å². The highest BCUT2D eigenvalue weighted by molar-refractivity contribution is 7.89. The van der Waals surface area contributed by atoms with Gasteiger partial charge in [-0.05, 0) is 0 Å². The molecule has 0 amide bonds. The SMILES string of the molecule is CCN(CC)S(=O)(=O)c1cn(CC(=O)O)cn1. The summed E-state index contributed by atoms with van der Waals surface area (Å²) in [6.07, 6.45) is 2.42. The molecule has 1 N–H and O–H groups in total. The first-order chi connectivity index (χ1) is 7.91. The molecule has 1 aromatic heterocycles. The molecule has 0 bridgehead atoms. The van der Waals surface area contributed by atoms with Gasteiger partial charge in [-0.15, -0.1) is 0 Å². The Bertz CT molecular complexity index is 490. The van der Waals surface area contributed by atoms with Crippen LogP contribution in [0.3, 0.4) is 0 Å². The number of imidazole rings is 1. The second-order valence-corrected chi connectivity index (χ2v) is 5.25. The molecule has 0 unspecified atom stereocenters. The molecule has 0 aromatic carbocycles. The Labute approximate surface area is 99.7 Å². The summed E-state index contributed by atoms with van der Waals surface area (Å²) in [7, 11) is -3.61. The lowest BCUT2D eigenvalue weighted by molar-refractivity contribution is -0.137. The van der Waals surface area contributed by atoms with Gasteiger partial charge >= 0.3 is 5.97 Å². The monoisotopic (exact) mass is 261 g/mol. The van der Waals surface area contributed by atoms with Gasteiger partial charge in [0.15, 0.2) is 5.03 Å². The number of rotatable bonds is 6. The quantitative estimate of drug-likeness (QED) is 0.778. The molecule has 0 spiro atoms. The van der Waals surface area contributed by atoms with E-state index < -0.39 is 16.0 Å². The van der Waals surface area contributed by atoms with Crippen molar-refractivity contribution in [3.63, 3.8) is 0 Å². The average Bonchev–Trinajstić information content (AvgIpc) is 2.67. The van der Waals surface area contributed by atoms with E-state index >= 15 is 0 Å². The third kappa shape index (κ3) is 3.04. The molecule has 0 aliphatic rings. The number of sulfonamides is 1. The number of hydrogen-bond acceptors (Lipinski definition) is 4. The molecule has 0 radical (unpaired) electrons. The first-order valence-corrected chi connectivity index (χ1v) is 6.59. The summed E-state index contributed by atoms with van der Waals surface area (Å²) in [4.78, 5) is 14.2. The lowest BCUT2D eigenvalue weighted by atomic mass is 10.6. The van der Waals surface area contributed by atoms with Gasteiger partial charge in [-0.25, -0.2) is 13.4 Å². The molecule has 17 heavy (non-hydrogen) atoms. The molecular formula is C9H15N3O4S. The van der Waals surface area contributed by atoms with Crippen molar-refractivity contribution in [2.45, 2.75) is 25.4 Å². The minimum atomic E-state index is -3.61. The minimum Gasteiger partial charge on any atom is -0.480 e. The van der Waals surface area contributed by atoms with E-state index in [1.54, 1.807) is 13.8 Å². The van der Waals surface area contributed by atoms with Crippen LogP contribution in [0.2, 0.25) is 0 Å². The number of hydrogen-bond donors (Lipinski definition) is 1. The minimum absolute atomic E-state index is 0.123. The van der Waals surface area contributed by atoms with Crippen molar-refractivity contribution in [3.8, 4) is 0 Å². The van der Waals surface area contributed by atoms with E-state index in [1.807, 2.05) is 0 Å². The highest BCUT2D eigenvalue weighted by atomic mass is 32.2. The summed E-state index contributed by atoms with van der Waals surface area (Å²) >= 11 is 0. The highest BCUT2D eigenvalue weighted by Gasteiger charge is 2.24. The first kappa shape index (κ1) is 13.7. The Morgan fingerprint density at radius 2 is 2.06 bits per heavy atom. The lowest BCUT2D eigenvalue weighted by Crippen LogP contribution is -2.30. The van der Waals surface area contributed by atoms with Crippen molar-refractivity contribution in [2.75, 3.05) is 13.1 Å². The van der Waals surface area contributed by atoms with Gasteiger partial charge in [0, 0.05) is 19.3 Å². The highest BCUT2D eigenvalue weighted by Crippen LogP contribution is 2.12. The van der Waals surface area contributed by atoms with Crippen molar-refractivity contribution in [2.24, 2.45) is 0 Å². The van der Waals surface area contributed by atoms with Gasteiger partial charge in [0.1, 0.15) is 6.54 Å². The zero-order chi connectivity index (χ0) is 13.1. The summed E-state index contributed by atoms with van der Waals surface area (Å²) in [6, 6.07) is 0. The molecule has 0 aliphatic heterocycles. The Morgan fingerprint density at radius 3 is 2.53 bits per heavy atom. The topological polar surface area (TPSA) is 92.5 Å². The predicted molar refractivity (Wildman–Crippen MR) is 60.0 cm³/mol. The van der Waals surface area contributed by atoms with E-state index in [0.717, 1.165) is 0 Å². The van der Waals surface area contributed by atoms with Gasteiger partial charge in [0.25, 0.3) is 10.0 Å². The molecule has 0 saturated carbocycles. The lowest BCUT2D eigenvalue weighted by Gasteiger charge is -2.16. The number of carbonyl (C=O) groups is 1. The Morgan fingerprint density at radius 1 is 1.47 bits per heavy atom. The van der Waals surface area contributed by atoms with Crippen LogP contribution in [0.1, 0.15) is 13.8 Å². The van der Waals surface area contributed by atoms with E-state index in [2.05, 4.69) is 4.98 Å². The predicted octanol–water partition coefficient (Wildman–Crippen LogP) is -0.00180. The number of nitrogens with zero attached hydrogens (tertiary/aromatic N) is 3. The first-order valence-electron chi connectivity index (χ1n) is 5.15. The van der Waals surface area contributed by atoms with E-state index in [-0.39, 0.29) is 11.6 Å². The molecule has 1 rings (SSSR count). The standard InChI is InChI=1S/C9H15N3O4S/c1-3-12(4-2)17(15,16)8-5-11(7-10-8)6-9(13)14/h5,7H,3-4,6H2,1-2H3,(H,13,14). The van der Waals surface area contributed by atoms with Crippen molar-refractivity contribution < 1.29 is 18.3 Å². The number of aromatic nitrogens is 2. The van der Waals surface area contributed by atoms with Gasteiger partial charge in [0.2, 0.25) is 0 Å². The van der Waals surface area contributed by atoms with Crippen LogP contribution >= 0.6 is 0 Å². The van der Waals surface area contributed by atoms with Crippen LogP contribution in [0, 0.1) is 0 Å². The van der Waals surface area contributed by atoms with Crippen molar-refractivity contribution >= 4 is 16.0 Å². The Hall–Kier alpha value is -1.41. The van der Waals surface area contributed by atoms with Gasteiger partial charge in [-0.3, -0.25) is 4.79 Å². The van der Waals surface area contributed by atoms with E-state index in [0.29, 0.717) is 13.1 Å². The fraction of sp³-hybridized carbons (Fsp3) is 0.556. The van der Waals surface area contributed by atoms with Gasteiger partial charge < -0.3 is 9.67 Å². The third-order valence-electron chi connectivity index (χ3n) is 2.24. The van der Waals surface area contributed by atoms with Crippen LogP contribution in [-0.4, -0.2) is 46.4 Å². The maximum absolute atomic E-state index is 12.0. The van der Waals surface area contributed by atoms with E-state index in [9.17, 15) is 13.2 Å². The van der Waals surface area contributed by atoms with Gasteiger partial charge in [0.05, 0.1) is 6.33 Å². The number of aliphatic carboxylic acids is 1. The summed E-state index contributed by atoms with van der Waals surface area (Å²) in [5, 5.41) is 8.45. The van der Waals surface area contributed by atoms with E-state index in [4.69, 9.17) is 5.11 Å². The van der Waals surface area contributed by atoms with Crippen LogP contribution in [0.15, 0.2) is 17.6 Å². The second kappa shape index (κ2) is 5.28. The van der Waals surface area contributed by atoms with Crippen LogP contribution in [0.5, 0.6) is 0 Å². The number of carboxylic acids is 1. The molecule has 96 valence electrons. The fourth-order valence-corrected chi connectivity index (χ4v) is 2.80. The number of carboxylic acid groups (broad SMARTS) is 1. The van der Waals surface area contributed by atoms with Crippen LogP contribution < -0.4 is 0 Å². The smallest absolute Gasteiger partial charge is 0.323 e. The summed E-state index contributed by atoms with van der Waals surface area (Å²) < 4.78 is 26.5. The van der Waals surface area contributed by atoms with Crippen LogP contribution in [0.4, 0.5) is 0 Å². The molecule has 0 aliphatic carbocycles. The molecule has 0 saturated heterocycles. The maximum Gasteiger partial charge on any atom is 0.323 e. The molecule has 1 heterocycles. The van der Waals surface area contributed by atoms with Crippen LogP contribution in [-0.2, 0) is 21.4 Å². The van der Waals surface area contributed by atoms with Crippen molar-refractivity contribution in [1.82, 2.24) is 13.9 Å². The van der Waals surface area contributed by atoms with Crippen molar-refractivity contribution in [1.29, 1.82) is 0 Å². The van der Waals surface area contributed by atoms with Crippen LogP contribution in [0.25, 0.3) is 0 Å². The summed E-state index contributed by atoms with van der Waals surface area (Å²) in [5.74, 6) is -1.05. The van der Waals surface area contributed by atoms with Crippen molar-refractivity contribution in [3.05, 3.63) is 12.5 Å². The zero-order valence-electron chi connectivity index (χ0n) is 9.70. The van der Waals surface area contributed by atoms with E-state index in [1.165, 1.54) is 21.4 Å². The largest absolute Gasteiger partial charge is 0.480 e. The normalized spacial score (nSPS) is 11.9. The molecule has 0 atom stereocenters. The molecular weight excluding hydrogens is 246 g/mol. The molecule has 1 aromatic rings. The Kier molecular flexibility index (Phi) is 4.24. The van der Waals surface area contributed by atoms with Gasteiger partial charge in [-0.2, -0.15) is 4.31 Å². The second-order valence-electron chi connectivity index (χ2n) is 3.37.